The largest absolute Gasteiger partial charge is 0.493 e. The van der Waals surface area contributed by atoms with Gasteiger partial charge in [-0.25, -0.2) is 0 Å². The summed E-state index contributed by atoms with van der Waals surface area (Å²) < 4.78 is 16.1. The highest BCUT2D eigenvalue weighted by atomic mass is 16.5. The molecule has 0 bridgehead atoms. The van der Waals surface area contributed by atoms with Gasteiger partial charge in [-0.15, -0.1) is 0 Å². The van der Waals surface area contributed by atoms with Gasteiger partial charge in [-0.1, -0.05) is 18.2 Å². The number of likely N-dealkylation sites (N-methyl/N-ethyl adjacent to an activating group) is 1. The lowest BCUT2D eigenvalue weighted by molar-refractivity contribution is -0.116. The number of hydrogen-bond acceptors (Lipinski definition) is 6. The quantitative estimate of drug-likeness (QED) is 0.657. The minimum atomic E-state index is -0.165. The summed E-state index contributed by atoms with van der Waals surface area (Å²) in [6, 6.07) is 11.8. The van der Waals surface area contributed by atoms with E-state index in [1.54, 1.807) is 39.5 Å². The summed E-state index contributed by atoms with van der Waals surface area (Å²) in [5.41, 5.74) is 3.08. The Balaban J connectivity index is 1.65. The first-order chi connectivity index (χ1) is 15.0. The number of methoxy groups -OCH3 is 3. The Morgan fingerprint density at radius 2 is 1.65 bits per heavy atom. The van der Waals surface area contributed by atoms with Gasteiger partial charge in [0.1, 0.15) is 0 Å². The van der Waals surface area contributed by atoms with Crippen molar-refractivity contribution in [2.24, 2.45) is 0 Å². The van der Waals surface area contributed by atoms with Crippen LogP contribution in [-0.2, 0) is 11.3 Å². The van der Waals surface area contributed by atoms with Crippen LogP contribution in [0, 0.1) is 0 Å². The van der Waals surface area contributed by atoms with Crippen molar-refractivity contribution in [2.45, 2.75) is 6.54 Å². The van der Waals surface area contributed by atoms with Crippen LogP contribution in [0.25, 0.3) is 6.08 Å². The van der Waals surface area contributed by atoms with Gasteiger partial charge in [0.2, 0.25) is 11.7 Å². The van der Waals surface area contributed by atoms with E-state index < -0.39 is 0 Å². The number of carbonyl (C=O) groups excluding carboxylic acids is 1. The molecule has 1 heterocycles. The van der Waals surface area contributed by atoms with Crippen molar-refractivity contribution in [3.63, 3.8) is 0 Å². The molecule has 0 atom stereocenters. The zero-order valence-electron chi connectivity index (χ0n) is 18.7. The third-order valence-electron chi connectivity index (χ3n) is 5.40. The summed E-state index contributed by atoms with van der Waals surface area (Å²) >= 11 is 0. The zero-order chi connectivity index (χ0) is 22.2. The average molecular weight is 426 g/mol. The standard InChI is InChI=1S/C24H31N3O4/c1-26-11-13-27(14-12-26)20-8-6-5-7-19(20)17-25-23(28)10-9-18-15-21(29-2)24(31-4)22(16-18)30-3/h5-10,15-16H,11-14,17H2,1-4H3,(H,25,28)/b10-9+. The molecule has 2 aromatic rings. The van der Waals surface area contributed by atoms with E-state index in [1.807, 2.05) is 12.1 Å². The number of hydrogen-bond donors (Lipinski definition) is 1. The maximum Gasteiger partial charge on any atom is 0.244 e. The van der Waals surface area contributed by atoms with E-state index in [4.69, 9.17) is 14.2 Å². The van der Waals surface area contributed by atoms with Crippen LogP contribution in [-0.4, -0.2) is 65.4 Å². The van der Waals surface area contributed by atoms with E-state index >= 15 is 0 Å². The molecule has 7 heteroatoms. The minimum absolute atomic E-state index is 0.165. The lowest BCUT2D eigenvalue weighted by Crippen LogP contribution is -2.45. The molecule has 1 N–H and O–H groups in total. The number of amides is 1. The molecule has 1 amide bonds. The number of ether oxygens (including phenoxy) is 3. The lowest BCUT2D eigenvalue weighted by Gasteiger charge is -2.35. The summed E-state index contributed by atoms with van der Waals surface area (Å²) in [6.07, 6.45) is 3.24. The number of nitrogens with zero attached hydrogens (tertiary/aromatic N) is 2. The Morgan fingerprint density at radius 3 is 2.26 bits per heavy atom. The van der Waals surface area contributed by atoms with Gasteiger partial charge in [0.15, 0.2) is 11.5 Å². The number of carbonyl (C=O) groups is 1. The molecular formula is C24H31N3O4. The fraction of sp³-hybridized carbons (Fsp3) is 0.375. The Hall–Kier alpha value is -3.19. The van der Waals surface area contributed by atoms with Crippen molar-refractivity contribution in [1.29, 1.82) is 0 Å². The van der Waals surface area contributed by atoms with Gasteiger partial charge in [0.05, 0.1) is 21.3 Å². The Morgan fingerprint density at radius 1 is 1.00 bits per heavy atom. The van der Waals surface area contributed by atoms with Crippen molar-refractivity contribution in [3.8, 4) is 17.2 Å². The van der Waals surface area contributed by atoms with E-state index in [9.17, 15) is 4.79 Å². The van der Waals surface area contributed by atoms with E-state index in [1.165, 1.54) is 11.8 Å². The number of rotatable bonds is 8. The molecule has 1 aliphatic rings. The molecule has 0 aromatic heterocycles. The van der Waals surface area contributed by atoms with Crippen molar-refractivity contribution < 1.29 is 19.0 Å². The molecule has 3 rings (SSSR count). The number of benzene rings is 2. The molecule has 0 aliphatic carbocycles. The van der Waals surface area contributed by atoms with Crippen LogP contribution in [0.1, 0.15) is 11.1 Å². The van der Waals surface area contributed by atoms with E-state index in [0.717, 1.165) is 37.3 Å². The number of para-hydroxylation sites is 1. The molecule has 0 spiro atoms. The second-order valence-electron chi connectivity index (χ2n) is 7.43. The average Bonchev–Trinajstić information content (AvgIpc) is 2.81. The van der Waals surface area contributed by atoms with Gasteiger partial charge in [0, 0.05) is 44.5 Å². The fourth-order valence-corrected chi connectivity index (χ4v) is 3.63. The molecule has 1 fully saturated rings. The van der Waals surface area contributed by atoms with Crippen molar-refractivity contribution in [3.05, 3.63) is 53.6 Å². The molecule has 0 radical (unpaired) electrons. The lowest BCUT2D eigenvalue weighted by atomic mass is 10.1. The molecule has 0 unspecified atom stereocenters. The first kappa shape index (κ1) is 22.5. The molecule has 1 aliphatic heterocycles. The van der Waals surface area contributed by atoms with Gasteiger partial charge in [-0.05, 0) is 42.4 Å². The molecule has 7 nitrogen and oxygen atoms in total. The number of nitrogens with one attached hydrogen (secondary N) is 1. The summed E-state index contributed by atoms with van der Waals surface area (Å²) in [6.45, 7) is 4.53. The van der Waals surface area contributed by atoms with E-state index in [0.29, 0.717) is 23.8 Å². The van der Waals surface area contributed by atoms with Crippen molar-refractivity contribution in [2.75, 3.05) is 59.5 Å². The molecule has 31 heavy (non-hydrogen) atoms. The van der Waals surface area contributed by atoms with Crippen LogP contribution in [0.4, 0.5) is 5.69 Å². The predicted octanol–water partition coefficient (Wildman–Crippen LogP) is 2.79. The van der Waals surface area contributed by atoms with Crippen LogP contribution in [0.5, 0.6) is 17.2 Å². The highest BCUT2D eigenvalue weighted by molar-refractivity contribution is 5.92. The van der Waals surface area contributed by atoms with Gasteiger partial charge < -0.3 is 29.3 Å². The molecule has 1 saturated heterocycles. The molecular weight excluding hydrogens is 394 g/mol. The highest BCUT2D eigenvalue weighted by Gasteiger charge is 2.17. The van der Waals surface area contributed by atoms with Gasteiger partial charge in [-0.3, -0.25) is 4.79 Å². The van der Waals surface area contributed by atoms with E-state index in [2.05, 4.69) is 34.3 Å². The fourth-order valence-electron chi connectivity index (χ4n) is 3.63. The van der Waals surface area contributed by atoms with Crippen LogP contribution in [0.2, 0.25) is 0 Å². The maximum absolute atomic E-state index is 12.4. The summed E-state index contributed by atoms with van der Waals surface area (Å²) in [4.78, 5) is 17.2. The molecule has 0 saturated carbocycles. The number of piperazine rings is 1. The van der Waals surface area contributed by atoms with Crippen LogP contribution in [0.3, 0.4) is 0 Å². The maximum atomic E-state index is 12.4. The van der Waals surface area contributed by atoms with Crippen molar-refractivity contribution in [1.82, 2.24) is 10.2 Å². The Labute approximate surface area is 184 Å². The summed E-state index contributed by atoms with van der Waals surface area (Å²) in [5.74, 6) is 1.44. The monoisotopic (exact) mass is 425 g/mol. The topological polar surface area (TPSA) is 63.3 Å². The predicted molar refractivity (Wildman–Crippen MR) is 123 cm³/mol. The van der Waals surface area contributed by atoms with Crippen LogP contribution < -0.4 is 24.4 Å². The van der Waals surface area contributed by atoms with Gasteiger partial charge in [-0.2, -0.15) is 0 Å². The first-order valence-corrected chi connectivity index (χ1v) is 10.3. The SMILES string of the molecule is COc1cc(/C=C/C(=O)NCc2ccccc2N2CCN(C)CC2)cc(OC)c1OC. The summed E-state index contributed by atoms with van der Waals surface area (Å²) in [5, 5.41) is 2.99. The normalized spacial score (nSPS) is 14.5. The van der Waals surface area contributed by atoms with Gasteiger partial charge in [0.25, 0.3) is 0 Å². The zero-order valence-corrected chi connectivity index (χ0v) is 18.7. The second kappa shape index (κ2) is 10.7. The third-order valence-corrected chi connectivity index (χ3v) is 5.40. The minimum Gasteiger partial charge on any atom is -0.493 e. The van der Waals surface area contributed by atoms with E-state index in [-0.39, 0.29) is 5.91 Å². The van der Waals surface area contributed by atoms with Gasteiger partial charge >= 0.3 is 0 Å². The Kier molecular flexibility index (Phi) is 7.78. The first-order valence-electron chi connectivity index (χ1n) is 10.3. The third kappa shape index (κ3) is 5.70. The van der Waals surface area contributed by atoms with Crippen molar-refractivity contribution >= 4 is 17.7 Å². The van der Waals surface area contributed by atoms with Crippen LogP contribution >= 0.6 is 0 Å². The molecule has 2 aromatic carbocycles. The number of anilines is 1. The highest BCUT2D eigenvalue weighted by Crippen LogP contribution is 2.38. The second-order valence-corrected chi connectivity index (χ2v) is 7.43. The Bertz CT molecular complexity index is 896. The molecule has 166 valence electrons. The van der Waals surface area contributed by atoms with Crippen LogP contribution in [0.15, 0.2) is 42.5 Å². The summed E-state index contributed by atoms with van der Waals surface area (Å²) in [7, 11) is 6.83. The smallest absolute Gasteiger partial charge is 0.244 e.